The van der Waals surface area contributed by atoms with Gasteiger partial charge in [0.1, 0.15) is 5.82 Å². The average Bonchev–Trinajstić information content (AvgIpc) is 2.30. The number of carbonyl (C=O) groups excluding carboxylic acids is 1. The molecule has 1 aliphatic rings. The van der Waals surface area contributed by atoms with Crippen LogP contribution in [-0.4, -0.2) is 42.6 Å². The Morgan fingerprint density at radius 1 is 1.32 bits per heavy atom. The maximum Gasteiger partial charge on any atom is 0.238 e. The van der Waals surface area contributed by atoms with Gasteiger partial charge in [0.05, 0.1) is 18.8 Å². The molecule has 2 rings (SSSR count). The predicted octanol–water partition coefficient (Wildman–Crippen LogP) is 1.87. The number of morpholine rings is 1. The minimum Gasteiger partial charge on any atom is -0.373 e. The normalized spacial score (nSPS) is 24.2. The van der Waals surface area contributed by atoms with Gasteiger partial charge in [0.2, 0.25) is 5.91 Å². The summed E-state index contributed by atoms with van der Waals surface area (Å²) in [6.07, 6.45) is 0.282. The summed E-state index contributed by atoms with van der Waals surface area (Å²) >= 11 is 0. The summed E-state index contributed by atoms with van der Waals surface area (Å²) in [5, 5.41) is 2.76. The number of ether oxygens (including phenoxy) is 1. The molecule has 0 aliphatic carbocycles. The van der Waals surface area contributed by atoms with Crippen molar-refractivity contribution < 1.29 is 13.9 Å². The minimum atomic E-state index is -0.311. The first-order valence-electron chi connectivity index (χ1n) is 6.46. The lowest BCUT2D eigenvalue weighted by atomic mass is 10.2. The average molecular weight is 266 g/mol. The van der Waals surface area contributed by atoms with Crippen molar-refractivity contribution in [2.45, 2.75) is 26.1 Å². The number of benzene rings is 1. The molecule has 0 bridgehead atoms. The topological polar surface area (TPSA) is 41.6 Å². The number of carbonyl (C=O) groups is 1. The van der Waals surface area contributed by atoms with Crippen molar-refractivity contribution in [2.24, 2.45) is 0 Å². The highest BCUT2D eigenvalue weighted by molar-refractivity contribution is 5.92. The maximum absolute atomic E-state index is 12.7. The van der Waals surface area contributed by atoms with Gasteiger partial charge in [-0.3, -0.25) is 9.69 Å². The van der Waals surface area contributed by atoms with E-state index in [9.17, 15) is 9.18 Å². The van der Waals surface area contributed by atoms with E-state index in [1.54, 1.807) is 12.1 Å². The summed E-state index contributed by atoms with van der Waals surface area (Å²) in [5.74, 6) is -0.401. The lowest BCUT2D eigenvalue weighted by Crippen LogP contribution is -2.48. The van der Waals surface area contributed by atoms with Crippen LogP contribution in [0.4, 0.5) is 10.1 Å². The van der Waals surface area contributed by atoms with Crippen LogP contribution in [0.5, 0.6) is 0 Å². The van der Waals surface area contributed by atoms with E-state index in [-0.39, 0.29) is 23.9 Å². The molecule has 4 nitrogen and oxygen atoms in total. The zero-order valence-electron chi connectivity index (χ0n) is 11.2. The fraction of sp³-hybridized carbons (Fsp3) is 0.500. The van der Waals surface area contributed by atoms with Gasteiger partial charge in [-0.2, -0.15) is 0 Å². The van der Waals surface area contributed by atoms with Gasteiger partial charge in [0, 0.05) is 18.8 Å². The molecule has 0 saturated carbocycles. The second-order valence-corrected chi connectivity index (χ2v) is 5.01. The lowest BCUT2D eigenvalue weighted by Gasteiger charge is -2.34. The lowest BCUT2D eigenvalue weighted by molar-refractivity contribution is -0.121. The van der Waals surface area contributed by atoms with Crippen LogP contribution in [0.2, 0.25) is 0 Å². The molecule has 0 radical (unpaired) electrons. The van der Waals surface area contributed by atoms with E-state index in [4.69, 9.17) is 4.74 Å². The highest BCUT2D eigenvalue weighted by Gasteiger charge is 2.23. The Hall–Kier alpha value is -1.46. The van der Waals surface area contributed by atoms with E-state index in [0.29, 0.717) is 12.2 Å². The third kappa shape index (κ3) is 4.29. The molecule has 1 amide bonds. The molecule has 1 heterocycles. The number of anilines is 1. The van der Waals surface area contributed by atoms with Crippen LogP contribution in [-0.2, 0) is 9.53 Å². The van der Waals surface area contributed by atoms with Gasteiger partial charge in [-0.05, 0) is 38.1 Å². The fourth-order valence-corrected chi connectivity index (χ4v) is 2.35. The van der Waals surface area contributed by atoms with Crippen LogP contribution in [0.3, 0.4) is 0 Å². The van der Waals surface area contributed by atoms with Gasteiger partial charge < -0.3 is 10.1 Å². The second-order valence-electron chi connectivity index (χ2n) is 5.01. The van der Waals surface area contributed by atoms with E-state index >= 15 is 0 Å². The molecular formula is C14H19FN2O2. The number of hydrogen-bond donors (Lipinski definition) is 1. The van der Waals surface area contributed by atoms with Crippen molar-refractivity contribution in [3.05, 3.63) is 30.1 Å². The third-order valence-corrected chi connectivity index (χ3v) is 2.99. The van der Waals surface area contributed by atoms with Gasteiger partial charge in [-0.15, -0.1) is 0 Å². The smallest absolute Gasteiger partial charge is 0.238 e. The fourth-order valence-electron chi connectivity index (χ4n) is 2.35. The molecule has 1 aromatic rings. The number of nitrogens with zero attached hydrogens (tertiary/aromatic N) is 1. The summed E-state index contributed by atoms with van der Waals surface area (Å²) < 4.78 is 18.4. The third-order valence-electron chi connectivity index (χ3n) is 2.99. The van der Waals surface area contributed by atoms with Crippen LogP contribution in [0, 0.1) is 5.82 Å². The van der Waals surface area contributed by atoms with Crippen molar-refractivity contribution in [1.29, 1.82) is 0 Å². The Kier molecular flexibility index (Phi) is 4.50. The Balaban J connectivity index is 1.85. The molecule has 1 aromatic carbocycles. The molecule has 1 fully saturated rings. The van der Waals surface area contributed by atoms with Gasteiger partial charge >= 0.3 is 0 Å². The number of nitrogens with one attached hydrogen (secondary N) is 1. The maximum atomic E-state index is 12.7. The second kappa shape index (κ2) is 6.12. The molecule has 1 saturated heterocycles. The summed E-state index contributed by atoms with van der Waals surface area (Å²) in [5.41, 5.74) is 0.612. The van der Waals surface area contributed by atoms with Crippen molar-refractivity contribution in [3.63, 3.8) is 0 Å². The van der Waals surface area contributed by atoms with Gasteiger partial charge in [-0.25, -0.2) is 4.39 Å². The molecular weight excluding hydrogens is 247 g/mol. The zero-order chi connectivity index (χ0) is 13.8. The first-order valence-corrected chi connectivity index (χ1v) is 6.46. The largest absolute Gasteiger partial charge is 0.373 e. The van der Waals surface area contributed by atoms with E-state index in [1.165, 1.54) is 12.1 Å². The Labute approximate surface area is 112 Å². The summed E-state index contributed by atoms with van der Waals surface area (Å²) in [6.45, 7) is 5.83. The Morgan fingerprint density at radius 3 is 2.47 bits per heavy atom. The Morgan fingerprint density at radius 2 is 1.89 bits per heavy atom. The number of halogens is 1. The van der Waals surface area contributed by atoms with Crippen molar-refractivity contribution >= 4 is 11.6 Å². The SMILES string of the molecule is C[C@@H]1CN(CC(=O)Nc2ccc(F)cc2)C[C@@H](C)O1. The molecule has 19 heavy (non-hydrogen) atoms. The quantitative estimate of drug-likeness (QED) is 0.908. The standard InChI is InChI=1S/C14H19FN2O2/c1-10-7-17(8-11(2)19-10)9-14(18)16-13-5-3-12(15)4-6-13/h3-6,10-11H,7-9H2,1-2H3,(H,16,18)/t10-,11-/m1/s1. The molecule has 1 N–H and O–H groups in total. The van der Waals surface area contributed by atoms with E-state index < -0.39 is 0 Å². The highest BCUT2D eigenvalue weighted by atomic mass is 19.1. The van der Waals surface area contributed by atoms with Crippen LogP contribution in [0.25, 0.3) is 0 Å². The van der Waals surface area contributed by atoms with E-state index in [2.05, 4.69) is 10.2 Å². The summed E-state index contributed by atoms with van der Waals surface area (Å²) in [6, 6.07) is 5.76. The van der Waals surface area contributed by atoms with Crippen LogP contribution in [0.1, 0.15) is 13.8 Å². The molecule has 2 atom stereocenters. The van der Waals surface area contributed by atoms with Gasteiger partial charge in [0.25, 0.3) is 0 Å². The minimum absolute atomic E-state index is 0.0899. The number of rotatable bonds is 3. The van der Waals surface area contributed by atoms with Crippen LogP contribution < -0.4 is 5.32 Å². The van der Waals surface area contributed by atoms with Gasteiger partial charge in [-0.1, -0.05) is 0 Å². The summed E-state index contributed by atoms with van der Waals surface area (Å²) in [4.78, 5) is 14.0. The van der Waals surface area contributed by atoms with Crippen molar-refractivity contribution in [2.75, 3.05) is 25.0 Å². The molecule has 104 valence electrons. The van der Waals surface area contributed by atoms with Crippen LogP contribution >= 0.6 is 0 Å². The summed E-state index contributed by atoms with van der Waals surface area (Å²) in [7, 11) is 0. The first-order chi connectivity index (χ1) is 9.02. The highest BCUT2D eigenvalue weighted by Crippen LogP contribution is 2.11. The van der Waals surface area contributed by atoms with E-state index in [0.717, 1.165) is 13.1 Å². The molecule has 1 aliphatic heterocycles. The number of hydrogen-bond acceptors (Lipinski definition) is 3. The molecule has 0 aromatic heterocycles. The first kappa shape index (κ1) is 14.0. The predicted molar refractivity (Wildman–Crippen MR) is 71.5 cm³/mol. The van der Waals surface area contributed by atoms with Crippen LogP contribution in [0.15, 0.2) is 24.3 Å². The zero-order valence-corrected chi connectivity index (χ0v) is 11.2. The molecule has 0 unspecified atom stereocenters. The Bertz CT molecular complexity index is 426. The molecule has 0 spiro atoms. The van der Waals surface area contributed by atoms with Crippen molar-refractivity contribution in [3.8, 4) is 0 Å². The number of amides is 1. The monoisotopic (exact) mass is 266 g/mol. The van der Waals surface area contributed by atoms with Crippen molar-refractivity contribution in [1.82, 2.24) is 4.90 Å². The molecule has 5 heteroatoms. The van der Waals surface area contributed by atoms with E-state index in [1.807, 2.05) is 13.8 Å². The van der Waals surface area contributed by atoms with Gasteiger partial charge in [0.15, 0.2) is 0 Å².